The molecule has 4 rings (SSSR count). The molecule has 26 heavy (non-hydrogen) atoms. The Bertz CT molecular complexity index is 647. The molecule has 0 aromatic heterocycles. The third-order valence-electron chi connectivity index (χ3n) is 5.09. The fourth-order valence-electron chi connectivity index (χ4n) is 3.82. The van der Waals surface area contributed by atoms with Gasteiger partial charge in [-0.15, -0.1) is 0 Å². The van der Waals surface area contributed by atoms with E-state index in [9.17, 15) is 9.90 Å². The SMILES string of the molecule is CC1(C)O[C@H]([C@H]2[C@@H](O)CCN2C(=O)OCc2ccccc2)[C@@H]([C@H]2CO2)O1. The van der Waals surface area contributed by atoms with Crippen LogP contribution in [0.2, 0.25) is 0 Å². The molecule has 142 valence electrons. The van der Waals surface area contributed by atoms with Crippen LogP contribution >= 0.6 is 0 Å². The van der Waals surface area contributed by atoms with Crippen molar-refractivity contribution in [1.29, 1.82) is 0 Å². The Hall–Kier alpha value is -1.67. The van der Waals surface area contributed by atoms with Gasteiger partial charge in [-0.3, -0.25) is 4.90 Å². The maximum absolute atomic E-state index is 12.6. The van der Waals surface area contributed by atoms with Gasteiger partial charge in [-0.05, 0) is 25.8 Å². The zero-order valence-electron chi connectivity index (χ0n) is 15.0. The Morgan fingerprint density at radius 3 is 2.65 bits per heavy atom. The lowest BCUT2D eigenvalue weighted by atomic mass is 9.99. The molecule has 3 aliphatic rings. The standard InChI is InChI=1S/C19H25NO6/c1-19(2)25-16(14-11-23-14)17(26-19)15-13(21)8-9-20(15)18(22)24-10-12-6-4-3-5-7-12/h3-7,13-17,21H,8-11H2,1-2H3/t13-,14+,15+,16+,17+/m0/s1. The molecule has 0 bridgehead atoms. The summed E-state index contributed by atoms with van der Waals surface area (Å²) < 4.78 is 22.9. The Morgan fingerprint density at radius 2 is 1.96 bits per heavy atom. The van der Waals surface area contributed by atoms with Gasteiger partial charge in [0, 0.05) is 6.54 Å². The van der Waals surface area contributed by atoms with Gasteiger partial charge in [-0.2, -0.15) is 0 Å². The van der Waals surface area contributed by atoms with Crippen LogP contribution in [0.15, 0.2) is 30.3 Å². The molecule has 1 amide bonds. The summed E-state index contributed by atoms with van der Waals surface area (Å²) in [7, 11) is 0. The van der Waals surface area contributed by atoms with Crippen LogP contribution in [0.5, 0.6) is 0 Å². The highest BCUT2D eigenvalue weighted by Crippen LogP contribution is 2.40. The van der Waals surface area contributed by atoms with Crippen LogP contribution < -0.4 is 0 Å². The highest BCUT2D eigenvalue weighted by Gasteiger charge is 2.57. The number of aliphatic hydroxyl groups excluding tert-OH is 1. The largest absolute Gasteiger partial charge is 0.445 e. The van der Waals surface area contributed by atoms with E-state index in [4.69, 9.17) is 18.9 Å². The van der Waals surface area contributed by atoms with E-state index in [2.05, 4.69) is 0 Å². The molecule has 0 spiro atoms. The van der Waals surface area contributed by atoms with E-state index in [-0.39, 0.29) is 18.8 Å². The van der Waals surface area contributed by atoms with Crippen LogP contribution in [-0.2, 0) is 25.6 Å². The zero-order valence-corrected chi connectivity index (χ0v) is 15.0. The smallest absolute Gasteiger partial charge is 0.410 e. The van der Waals surface area contributed by atoms with Gasteiger partial charge in [0.05, 0.1) is 18.8 Å². The van der Waals surface area contributed by atoms with Gasteiger partial charge >= 0.3 is 6.09 Å². The molecule has 0 aliphatic carbocycles. The lowest BCUT2D eigenvalue weighted by Crippen LogP contribution is -2.52. The average Bonchev–Trinajstić information content (AvgIpc) is 3.32. The quantitative estimate of drug-likeness (QED) is 0.820. The number of hydrogen-bond acceptors (Lipinski definition) is 6. The zero-order chi connectivity index (χ0) is 18.3. The molecular weight excluding hydrogens is 338 g/mol. The van der Waals surface area contributed by atoms with Gasteiger partial charge in [0.2, 0.25) is 0 Å². The van der Waals surface area contributed by atoms with Crippen molar-refractivity contribution in [2.24, 2.45) is 0 Å². The summed E-state index contributed by atoms with van der Waals surface area (Å²) in [4.78, 5) is 14.2. The second kappa shape index (κ2) is 6.81. The molecule has 3 saturated heterocycles. The minimum absolute atomic E-state index is 0.0447. The Morgan fingerprint density at radius 1 is 1.27 bits per heavy atom. The summed E-state index contributed by atoms with van der Waals surface area (Å²) in [5.41, 5.74) is 0.919. The number of nitrogens with zero attached hydrogens (tertiary/aromatic N) is 1. The number of carbonyl (C=O) groups excluding carboxylic acids is 1. The fraction of sp³-hybridized carbons (Fsp3) is 0.632. The Labute approximate surface area is 152 Å². The maximum atomic E-state index is 12.6. The first-order chi connectivity index (χ1) is 12.4. The molecule has 1 aromatic rings. The van der Waals surface area contributed by atoms with Crippen LogP contribution in [0.25, 0.3) is 0 Å². The lowest BCUT2D eigenvalue weighted by molar-refractivity contribution is -0.154. The van der Waals surface area contributed by atoms with Crippen molar-refractivity contribution in [3.05, 3.63) is 35.9 Å². The molecule has 0 saturated carbocycles. The van der Waals surface area contributed by atoms with Crippen LogP contribution in [0, 0.1) is 0 Å². The summed E-state index contributed by atoms with van der Waals surface area (Å²) in [6, 6.07) is 9.02. The van der Waals surface area contributed by atoms with Crippen molar-refractivity contribution in [3.8, 4) is 0 Å². The summed E-state index contributed by atoms with van der Waals surface area (Å²) in [6.07, 6.45) is -1.42. The van der Waals surface area contributed by atoms with Crippen molar-refractivity contribution in [1.82, 2.24) is 4.90 Å². The molecule has 0 unspecified atom stereocenters. The number of amides is 1. The first-order valence-electron chi connectivity index (χ1n) is 9.07. The first kappa shape index (κ1) is 17.7. The van der Waals surface area contributed by atoms with Gasteiger partial charge in [0.25, 0.3) is 0 Å². The second-order valence-corrected chi connectivity index (χ2v) is 7.52. The summed E-state index contributed by atoms with van der Waals surface area (Å²) >= 11 is 0. The highest BCUT2D eigenvalue weighted by molar-refractivity contribution is 5.68. The van der Waals surface area contributed by atoms with Gasteiger partial charge in [-0.1, -0.05) is 30.3 Å². The van der Waals surface area contributed by atoms with Crippen LogP contribution in [0.1, 0.15) is 25.8 Å². The lowest BCUT2D eigenvalue weighted by Gasteiger charge is -2.31. The number of hydrogen-bond donors (Lipinski definition) is 1. The summed E-state index contributed by atoms with van der Waals surface area (Å²) in [5, 5.41) is 10.5. The minimum atomic E-state index is -0.775. The van der Waals surface area contributed by atoms with Gasteiger partial charge in [0.15, 0.2) is 5.79 Å². The monoisotopic (exact) mass is 363 g/mol. The molecule has 5 atom stereocenters. The molecule has 3 fully saturated rings. The van der Waals surface area contributed by atoms with Crippen molar-refractivity contribution in [2.75, 3.05) is 13.2 Å². The average molecular weight is 363 g/mol. The van der Waals surface area contributed by atoms with Crippen molar-refractivity contribution in [3.63, 3.8) is 0 Å². The number of aliphatic hydroxyl groups is 1. The fourth-order valence-corrected chi connectivity index (χ4v) is 3.82. The minimum Gasteiger partial charge on any atom is -0.445 e. The van der Waals surface area contributed by atoms with Crippen molar-refractivity contribution in [2.45, 2.75) is 63.1 Å². The van der Waals surface area contributed by atoms with E-state index in [1.165, 1.54) is 0 Å². The number of epoxide rings is 1. The predicted molar refractivity (Wildman–Crippen MR) is 91.3 cm³/mol. The number of carbonyl (C=O) groups is 1. The van der Waals surface area contributed by atoms with E-state index in [1.807, 2.05) is 44.2 Å². The third-order valence-corrected chi connectivity index (χ3v) is 5.09. The van der Waals surface area contributed by atoms with E-state index < -0.39 is 30.1 Å². The molecule has 3 heterocycles. The summed E-state index contributed by atoms with van der Waals surface area (Å²) in [6.45, 7) is 4.91. The van der Waals surface area contributed by atoms with E-state index in [0.717, 1.165) is 5.56 Å². The highest BCUT2D eigenvalue weighted by atomic mass is 16.8. The van der Waals surface area contributed by atoms with Gasteiger partial charge in [-0.25, -0.2) is 4.79 Å². The molecular formula is C19H25NO6. The molecule has 7 heteroatoms. The Kier molecular flexibility index (Phi) is 4.64. The second-order valence-electron chi connectivity index (χ2n) is 7.52. The topological polar surface area (TPSA) is 80.8 Å². The van der Waals surface area contributed by atoms with Crippen molar-refractivity contribution >= 4 is 6.09 Å². The van der Waals surface area contributed by atoms with Crippen LogP contribution in [-0.4, -0.2) is 65.5 Å². The van der Waals surface area contributed by atoms with Gasteiger partial charge in [0.1, 0.15) is 24.9 Å². The number of ether oxygens (including phenoxy) is 4. The summed E-state index contributed by atoms with van der Waals surface area (Å²) in [5.74, 6) is -0.775. The Balaban J connectivity index is 1.46. The maximum Gasteiger partial charge on any atom is 0.410 e. The van der Waals surface area contributed by atoms with E-state index in [1.54, 1.807) is 4.90 Å². The number of rotatable bonds is 4. The molecule has 1 N–H and O–H groups in total. The van der Waals surface area contributed by atoms with Gasteiger partial charge < -0.3 is 24.1 Å². The van der Waals surface area contributed by atoms with E-state index >= 15 is 0 Å². The third kappa shape index (κ3) is 3.57. The van der Waals surface area contributed by atoms with Crippen LogP contribution in [0.3, 0.4) is 0 Å². The van der Waals surface area contributed by atoms with Crippen LogP contribution in [0.4, 0.5) is 4.79 Å². The number of likely N-dealkylation sites (tertiary alicyclic amines) is 1. The first-order valence-corrected chi connectivity index (χ1v) is 9.07. The molecule has 0 radical (unpaired) electrons. The molecule has 3 aliphatic heterocycles. The molecule has 1 aromatic carbocycles. The molecule has 7 nitrogen and oxygen atoms in total. The van der Waals surface area contributed by atoms with Crippen molar-refractivity contribution < 1.29 is 28.8 Å². The van der Waals surface area contributed by atoms with E-state index in [0.29, 0.717) is 19.6 Å². The predicted octanol–water partition coefficient (Wildman–Crippen LogP) is 1.68. The normalized spacial score (nSPS) is 35.5. The number of benzene rings is 1.